The second-order valence-corrected chi connectivity index (χ2v) is 6.22. The summed E-state index contributed by atoms with van der Waals surface area (Å²) in [6.07, 6.45) is 3.06. The summed E-state index contributed by atoms with van der Waals surface area (Å²) in [6, 6.07) is 4.90. The number of ether oxygens (including phenoxy) is 1. The molecular formula is C17H18N4O3. The van der Waals surface area contributed by atoms with Gasteiger partial charge in [0.1, 0.15) is 5.75 Å². The number of carbonyl (C=O) groups is 1. The molecule has 2 unspecified atom stereocenters. The average Bonchev–Trinajstić information content (AvgIpc) is 2.90. The molecule has 2 aliphatic rings. The highest BCUT2D eigenvalue weighted by Crippen LogP contribution is 2.47. The van der Waals surface area contributed by atoms with Crippen LogP contribution in [0.4, 0.5) is 4.79 Å². The van der Waals surface area contributed by atoms with Gasteiger partial charge in [0.25, 0.3) is 0 Å². The Kier molecular flexibility index (Phi) is 3.05. The molecule has 0 saturated heterocycles. The number of urea groups is 1. The molecule has 1 aromatic carbocycles. The Morgan fingerprint density at radius 1 is 1.50 bits per heavy atom. The van der Waals surface area contributed by atoms with Gasteiger partial charge in [-0.15, -0.1) is 0 Å². The number of pyridine rings is 1. The Balaban J connectivity index is 2.00. The van der Waals surface area contributed by atoms with Crippen LogP contribution in [0.2, 0.25) is 0 Å². The molecule has 2 atom stereocenters. The fraction of sp³-hybridized carbons (Fsp3) is 0.353. The third-order valence-corrected chi connectivity index (χ3v) is 4.97. The largest absolute Gasteiger partial charge is 0.497 e. The van der Waals surface area contributed by atoms with Gasteiger partial charge in [0.15, 0.2) is 5.72 Å². The van der Waals surface area contributed by atoms with E-state index in [1.807, 2.05) is 25.1 Å². The molecule has 0 radical (unpaired) electrons. The lowest BCUT2D eigenvalue weighted by Crippen LogP contribution is -2.52. The van der Waals surface area contributed by atoms with Crippen LogP contribution >= 0.6 is 0 Å². The average molecular weight is 326 g/mol. The topological polar surface area (TPSA) is 101 Å². The molecule has 2 aromatic rings. The highest BCUT2D eigenvalue weighted by Gasteiger charge is 2.53. The van der Waals surface area contributed by atoms with E-state index in [0.29, 0.717) is 17.7 Å². The number of nitrogens with two attached hydrogens (primary N) is 1. The molecule has 3 N–H and O–H groups in total. The molecule has 1 aromatic heterocycles. The summed E-state index contributed by atoms with van der Waals surface area (Å²) in [5, 5.41) is 17.3. The smallest absolute Gasteiger partial charge is 0.338 e. The first-order chi connectivity index (χ1) is 11.5. The first-order valence-corrected chi connectivity index (χ1v) is 7.80. The first-order valence-electron chi connectivity index (χ1n) is 7.80. The summed E-state index contributed by atoms with van der Waals surface area (Å²) in [5.41, 5.74) is 6.94. The van der Waals surface area contributed by atoms with Crippen LogP contribution in [0.15, 0.2) is 23.3 Å². The van der Waals surface area contributed by atoms with E-state index >= 15 is 0 Å². The summed E-state index contributed by atoms with van der Waals surface area (Å²) < 4.78 is 5.27. The van der Waals surface area contributed by atoms with E-state index in [1.165, 1.54) is 0 Å². The van der Waals surface area contributed by atoms with E-state index in [-0.39, 0.29) is 5.92 Å². The number of hydrogen-bond acceptors (Lipinski definition) is 5. The highest BCUT2D eigenvalue weighted by atomic mass is 16.5. The Bertz CT molecular complexity index is 895. The fourth-order valence-electron chi connectivity index (χ4n) is 3.91. The molecule has 124 valence electrons. The van der Waals surface area contributed by atoms with Crippen LogP contribution in [0, 0.1) is 12.8 Å². The van der Waals surface area contributed by atoms with Crippen molar-refractivity contribution in [3.05, 3.63) is 35.0 Å². The van der Waals surface area contributed by atoms with Crippen molar-refractivity contribution in [1.82, 2.24) is 9.99 Å². The second-order valence-electron chi connectivity index (χ2n) is 6.22. The predicted molar refractivity (Wildman–Crippen MR) is 88.7 cm³/mol. The van der Waals surface area contributed by atoms with Gasteiger partial charge in [-0.05, 0) is 37.5 Å². The minimum atomic E-state index is -1.56. The lowest BCUT2D eigenvalue weighted by Gasteiger charge is -2.40. The maximum atomic E-state index is 11.8. The number of rotatable bonds is 1. The lowest BCUT2D eigenvalue weighted by atomic mass is 9.75. The van der Waals surface area contributed by atoms with E-state index in [4.69, 9.17) is 10.5 Å². The van der Waals surface area contributed by atoms with Crippen molar-refractivity contribution in [2.75, 3.05) is 7.11 Å². The lowest BCUT2D eigenvalue weighted by molar-refractivity contribution is -0.106. The van der Waals surface area contributed by atoms with Crippen molar-refractivity contribution < 1.29 is 14.6 Å². The predicted octanol–water partition coefficient (Wildman–Crippen LogP) is 1.64. The zero-order valence-corrected chi connectivity index (χ0v) is 13.5. The van der Waals surface area contributed by atoms with Gasteiger partial charge in [-0.1, -0.05) is 0 Å². The minimum absolute atomic E-state index is 0.284. The van der Waals surface area contributed by atoms with E-state index in [0.717, 1.165) is 33.6 Å². The molecule has 24 heavy (non-hydrogen) atoms. The van der Waals surface area contributed by atoms with Crippen molar-refractivity contribution in [3.63, 3.8) is 0 Å². The van der Waals surface area contributed by atoms with Gasteiger partial charge < -0.3 is 15.6 Å². The van der Waals surface area contributed by atoms with Crippen molar-refractivity contribution in [2.24, 2.45) is 16.8 Å². The SMILES string of the molecule is COc1ccc2c3c(c(C)nc2c1)C1(O)C(C=NN1C(N)=O)CC3. The number of methoxy groups -OCH3 is 1. The number of aliphatic hydroxyl groups is 1. The van der Waals surface area contributed by atoms with Crippen LogP contribution in [0.25, 0.3) is 10.9 Å². The van der Waals surface area contributed by atoms with Gasteiger partial charge in [-0.3, -0.25) is 4.98 Å². The fourth-order valence-corrected chi connectivity index (χ4v) is 3.91. The van der Waals surface area contributed by atoms with Gasteiger partial charge in [-0.2, -0.15) is 10.1 Å². The first kappa shape index (κ1) is 14.9. The molecule has 2 heterocycles. The number of aromatic nitrogens is 1. The number of fused-ring (bicyclic) bond motifs is 5. The summed E-state index contributed by atoms with van der Waals surface area (Å²) in [4.78, 5) is 16.4. The van der Waals surface area contributed by atoms with Gasteiger partial charge in [0.2, 0.25) is 0 Å². The Hall–Kier alpha value is -2.67. The Labute approximate surface area is 138 Å². The number of hydrogen-bond donors (Lipinski definition) is 2. The van der Waals surface area contributed by atoms with Crippen molar-refractivity contribution in [3.8, 4) is 5.75 Å². The number of aryl methyl sites for hydroxylation is 2. The molecule has 7 nitrogen and oxygen atoms in total. The van der Waals surface area contributed by atoms with Crippen molar-refractivity contribution in [2.45, 2.75) is 25.5 Å². The zero-order valence-electron chi connectivity index (χ0n) is 13.5. The van der Waals surface area contributed by atoms with Crippen LogP contribution < -0.4 is 10.5 Å². The third kappa shape index (κ3) is 1.78. The third-order valence-electron chi connectivity index (χ3n) is 4.97. The summed E-state index contributed by atoms with van der Waals surface area (Å²) >= 11 is 0. The van der Waals surface area contributed by atoms with Gasteiger partial charge in [0.05, 0.1) is 18.5 Å². The van der Waals surface area contributed by atoms with E-state index in [1.54, 1.807) is 13.3 Å². The Morgan fingerprint density at radius 2 is 2.29 bits per heavy atom. The van der Waals surface area contributed by atoms with Crippen LogP contribution in [-0.2, 0) is 12.1 Å². The summed E-state index contributed by atoms with van der Waals surface area (Å²) in [7, 11) is 1.61. The number of amides is 2. The maximum absolute atomic E-state index is 11.8. The second kappa shape index (κ2) is 4.91. The Morgan fingerprint density at radius 3 is 3.00 bits per heavy atom. The minimum Gasteiger partial charge on any atom is -0.497 e. The normalized spacial score (nSPS) is 24.8. The quantitative estimate of drug-likeness (QED) is 0.832. The molecule has 1 aliphatic carbocycles. The van der Waals surface area contributed by atoms with Gasteiger partial charge in [0, 0.05) is 28.9 Å². The van der Waals surface area contributed by atoms with Crippen LogP contribution in [0.5, 0.6) is 5.75 Å². The summed E-state index contributed by atoms with van der Waals surface area (Å²) in [5.74, 6) is 0.443. The molecule has 1 aliphatic heterocycles. The molecule has 0 spiro atoms. The number of carbonyl (C=O) groups excluding carboxylic acids is 1. The van der Waals surface area contributed by atoms with E-state index in [2.05, 4.69) is 10.1 Å². The molecule has 7 heteroatoms. The van der Waals surface area contributed by atoms with Gasteiger partial charge in [-0.25, -0.2) is 4.79 Å². The number of primary amides is 1. The van der Waals surface area contributed by atoms with Crippen LogP contribution in [-0.4, -0.2) is 34.5 Å². The standard InChI is InChI=1S/C17H18N4O3/c1-9-15-13(12-6-4-11(24-2)7-14(12)20-9)5-3-10-8-19-21(16(18)22)17(10,15)23/h4,6-8,10,23H,3,5H2,1-2H3,(H2,18,22). The maximum Gasteiger partial charge on any atom is 0.338 e. The van der Waals surface area contributed by atoms with E-state index < -0.39 is 11.8 Å². The number of nitrogens with zero attached hydrogens (tertiary/aromatic N) is 3. The van der Waals surface area contributed by atoms with Crippen LogP contribution in [0.1, 0.15) is 23.2 Å². The zero-order chi connectivity index (χ0) is 17.1. The number of benzene rings is 1. The monoisotopic (exact) mass is 326 g/mol. The van der Waals surface area contributed by atoms with Crippen LogP contribution in [0.3, 0.4) is 0 Å². The van der Waals surface area contributed by atoms with Crippen molar-refractivity contribution in [1.29, 1.82) is 0 Å². The van der Waals surface area contributed by atoms with E-state index in [9.17, 15) is 9.90 Å². The van der Waals surface area contributed by atoms with Gasteiger partial charge >= 0.3 is 6.03 Å². The molecule has 0 bridgehead atoms. The molecule has 0 saturated carbocycles. The van der Waals surface area contributed by atoms with Crippen molar-refractivity contribution >= 4 is 23.1 Å². The molecular weight excluding hydrogens is 308 g/mol. The molecule has 4 rings (SSSR count). The number of hydrazone groups is 1. The molecule has 2 amide bonds. The molecule has 0 fully saturated rings. The summed E-state index contributed by atoms with van der Waals surface area (Å²) in [6.45, 7) is 1.83. The highest BCUT2D eigenvalue weighted by molar-refractivity contribution is 5.87.